The molecule has 2 aliphatic rings. The number of fused-ring (bicyclic) bond motifs is 1. The summed E-state index contributed by atoms with van der Waals surface area (Å²) in [5.41, 5.74) is 0.463. The molecule has 1 aromatic rings. The third-order valence-corrected chi connectivity index (χ3v) is 4.08. The summed E-state index contributed by atoms with van der Waals surface area (Å²) >= 11 is 0. The number of rotatable bonds is 1. The average Bonchev–Trinajstić information content (AvgIpc) is 2.64. The molecule has 1 unspecified atom stereocenters. The van der Waals surface area contributed by atoms with Gasteiger partial charge in [0.15, 0.2) is 11.6 Å². The standard InChI is InChI=1S/C15H12FNO4/c1-6-4-8-9(5-10(6)16)14(20)12(13(8)19)7-2-3-11(18)17-15(7)21/h4-5,7,12H,2-3H2,1H3,(H,17,18,21)/t7-,12?/m1/s1. The minimum Gasteiger partial charge on any atom is -0.296 e. The maximum Gasteiger partial charge on any atom is 0.230 e. The lowest BCUT2D eigenvalue weighted by molar-refractivity contribution is -0.137. The van der Waals surface area contributed by atoms with Gasteiger partial charge in [-0.05, 0) is 31.0 Å². The summed E-state index contributed by atoms with van der Waals surface area (Å²) in [4.78, 5) is 47.7. The topological polar surface area (TPSA) is 80.3 Å². The van der Waals surface area contributed by atoms with Crippen LogP contribution in [0, 0.1) is 24.6 Å². The molecule has 0 saturated carbocycles. The second-order valence-corrected chi connectivity index (χ2v) is 5.41. The van der Waals surface area contributed by atoms with Crippen LogP contribution in [0.1, 0.15) is 39.1 Å². The highest BCUT2D eigenvalue weighted by atomic mass is 19.1. The molecule has 1 heterocycles. The van der Waals surface area contributed by atoms with Crippen molar-refractivity contribution in [2.45, 2.75) is 19.8 Å². The fourth-order valence-corrected chi connectivity index (χ4v) is 2.94. The Hall–Kier alpha value is -2.37. The van der Waals surface area contributed by atoms with Crippen molar-refractivity contribution in [1.82, 2.24) is 5.32 Å². The molecule has 1 aromatic carbocycles. The van der Waals surface area contributed by atoms with Crippen LogP contribution in [-0.4, -0.2) is 23.4 Å². The van der Waals surface area contributed by atoms with Crippen LogP contribution in [0.2, 0.25) is 0 Å². The summed E-state index contributed by atoms with van der Waals surface area (Å²) in [6, 6.07) is 2.40. The minimum absolute atomic E-state index is 0.0257. The Morgan fingerprint density at radius 2 is 1.71 bits per heavy atom. The molecule has 3 rings (SSSR count). The van der Waals surface area contributed by atoms with Gasteiger partial charge in [-0.1, -0.05) is 0 Å². The van der Waals surface area contributed by atoms with E-state index in [9.17, 15) is 23.6 Å². The first-order valence-corrected chi connectivity index (χ1v) is 6.62. The summed E-state index contributed by atoms with van der Waals surface area (Å²) < 4.78 is 13.6. The number of nitrogens with one attached hydrogen (secondary N) is 1. The normalized spacial score (nSPS) is 25.0. The number of hydrogen-bond acceptors (Lipinski definition) is 4. The second kappa shape index (κ2) is 4.58. The van der Waals surface area contributed by atoms with Gasteiger partial charge in [0.1, 0.15) is 5.82 Å². The van der Waals surface area contributed by atoms with Crippen LogP contribution in [0.15, 0.2) is 12.1 Å². The number of carbonyl (C=O) groups is 4. The number of Topliss-reactive ketones (excluding diaryl/α,β-unsaturated/α-hetero) is 2. The fourth-order valence-electron chi connectivity index (χ4n) is 2.94. The molecular formula is C15H12FNO4. The zero-order valence-electron chi connectivity index (χ0n) is 11.2. The first kappa shape index (κ1) is 13.6. The van der Waals surface area contributed by atoms with Gasteiger partial charge in [0.05, 0.1) is 11.8 Å². The SMILES string of the molecule is Cc1cc2c(cc1F)C(=O)C([C@H]1CCC(=O)NC1=O)C2=O. The van der Waals surface area contributed by atoms with Gasteiger partial charge in [-0.15, -0.1) is 0 Å². The highest BCUT2D eigenvalue weighted by Gasteiger charge is 2.47. The Morgan fingerprint density at radius 1 is 1.10 bits per heavy atom. The first-order valence-electron chi connectivity index (χ1n) is 6.62. The molecule has 5 nitrogen and oxygen atoms in total. The predicted molar refractivity (Wildman–Crippen MR) is 69.2 cm³/mol. The van der Waals surface area contributed by atoms with E-state index in [1.54, 1.807) is 0 Å². The summed E-state index contributed by atoms with van der Waals surface area (Å²) in [5.74, 6) is -4.58. The second-order valence-electron chi connectivity index (χ2n) is 5.41. The largest absolute Gasteiger partial charge is 0.296 e. The molecule has 0 radical (unpaired) electrons. The number of halogens is 1. The van der Waals surface area contributed by atoms with Gasteiger partial charge in [-0.3, -0.25) is 24.5 Å². The molecule has 1 N–H and O–H groups in total. The zero-order valence-corrected chi connectivity index (χ0v) is 11.2. The summed E-state index contributed by atoms with van der Waals surface area (Å²) in [6.45, 7) is 1.51. The van der Waals surface area contributed by atoms with E-state index < -0.39 is 41.0 Å². The van der Waals surface area contributed by atoms with Crippen LogP contribution in [0.5, 0.6) is 0 Å². The Bertz CT molecular complexity index is 669. The third-order valence-electron chi connectivity index (χ3n) is 4.08. The molecule has 108 valence electrons. The van der Waals surface area contributed by atoms with Crippen LogP contribution in [0.4, 0.5) is 4.39 Å². The van der Waals surface area contributed by atoms with Gasteiger partial charge >= 0.3 is 0 Å². The van der Waals surface area contributed by atoms with Crippen molar-refractivity contribution in [3.05, 3.63) is 34.6 Å². The Labute approximate surface area is 119 Å². The number of piperidine rings is 1. The van der Waals surface area contributed by atoms with Gasteiger partial charge in [0, 0.05) is 17.5 Å². The third kappa shape index (κ3) is 1.98. The minimum atomic E-state index is -1.14. The van der Waals surface area contributed by atoms with Crippen molar-refractivity contribution in [2.75, 3.05) is 0 Å². The van der Waals surface area contributed by atoms with Gasteiger partial charge in [0.25, 0.3) is 0 Å². The van der Waals surface area contributed by atoms with Crippen molar-refractivity contribution >= 4 is 23.4 Å². The van der Waals surface area contributed by atoms with E-state index in [2.05, 4.69) is 5.32 Å². The number of amides is 2. The monoisotopic (exact) mass is 289 g/mol. The summed E-state index contributed by atoms with van der Waals surface area (Å²) in [7, 11) is 0. The van der Waals surface area contributed by atoms with E-state index in [4.69, 9.17) is 0 Å². The van der Waals surface area contributed by atoms with E-state index in [1.807, 2.05) is 0 Å². The molecule has 0 bridgehead atoms. The average molecular weight is 289 g/mol. The van der Waals surface area contributed by atoms with E-state index in [0.29, 0.717) is 0 Å². The van der Waals surface area contributed by atoms with Crippen molar-refractivity contribution in [3.8, 4) is 0 Å². The Balaban J connectivity index is 2.00. The number of carbonyl (C=O) groups excluding carboxylic acids is 4. The van der Waals surface area contributed by atoms with E-state index in [1.165, 1.54) is 13.0 Å². The predicted octanol–water partition coefficient (Wildman–Crippen LogP) is 1.18. The van der Waals surface area contributed by atoms with Crippen molar-refractivity contribution in [3.63, 3.8) is 0 Å². The number of ketones is 2. The van der Waals surface area contributed by atoms with Crippen LogP contribution in [0.3, 0.4) is 0 Å². The van der Waals surface area contributed by atoms with Gasteiger partial charge in [0.2, 0.25) is 11.8 Å². The molecule has 0 aromatic heterocycles. The molecule has 1 aliphatic carbocycles. The number of imide groups is 1. The van der Waals surface area contributed by atoms with Crippen molar-refractivity contribution in [1.29, 1.82) is 0 Å². The molecule has 2 amide bonds. The lowest BCUT2D eigenvalue weighted by Gasteiger charge is -2.23. The van der Waals surface area contributed by atoms with Gasteiger partial charge in [-0.2, -0.15) is 0 Å². The van der Waals surface area contributed by atoms with Crippen molar-refractivity contribution in [2.24, 2.45) is 11.8 Å². The van der Waals surface area contributed by atoms with Gasteiger partial charge < -0.3 is 0 Å². The van der Waals surface area contributed by atoms with Crippen LogP contribution < -0.4 is 5.32 Å². The van der Waals surface area contributed by atoms with E-state index in [0.717, 1.165) is 6.07 Å². The first-order chi connectivity index (χ1) is 9.90. The number of hydrogen-bond donors (Lipinski definition) is 1. The maximum atomic E-state index is 13.6. The number of benzene rings is 1. The van der Waals surface area contributed by atoms with Crippen LogP contribution >= 0.6 is 0 Å². The lowest BCUT2D eigenvalue weighted by Crippen LogP contribution is -2.46. The molecular weight excluding hydrogens is 277 g/mol. The van der Waals surface area contributed by atoms with Crippen molar-refractivity contribution < 1.29 is 23.6 Å². The molecule has 0 spiro atoms. The van der Waals surface area contributed by atoms with E-state index in [-0.39, 0.29) is 29.5 Å². The lowest BCUT2D eigenvalue weighted by atomic mass is 9.82. The Morgan fingerprint density at radius 3 is 2.33 bits per heavy atom. The summed E-state index contributed by atoms with van der Waals surface area (Å²) in [5, 5.41) is 2.14. The molecule has 1 saturated heterocycles. The smallest absolute Gasteiger partial charge is 0.230 e. The number of aryl methyl sites for hydroxylation is 1. The molecule has 21 heavy (non-hydrogen) atoms. The van der Waals surface area contributed by atoms with Crippen LogP contribution in [0.25, 0.3) is 0 Å². The maximum absolute atomic E-state index is 13.6. The molecule has 1 aliphatic heterocycles. The van der Waals surface area contributed by atoms with E-state index >= 15 is 0 Å². The summed E-state index contributed by atoms with van der Waals surface area (Å²) in [6.07, 6.45) is 0.249. The zero-order chi connectivity index (χ0) is 15.3. The molecule has 6 heteroatoms. The quantitative estimate of drug-likeness (QED) is 0.622. The molecule has 2 atom stereocenters. The van der Waals surface area contributed by atoms with Crippen LogP contribution in [-0.2, 0) is 9.59 Å². The Kier molecular flexibility index (Phi) is 2.97. The highest BCUT2D eigenvalue weighted by Crippen LogP contribution is 2.36. The van der Waals surface area contributed by atoms with Gasteiger partial charge in [-0.25, -0.2) is 4.39 Å². The highest BCUT2D eigenvalue weighted by molar-refractivity contribution is 6.28. The fraction of sp³-hybridized carbons (Fsp3) is 0.333. The molecule has 1 fully saturated rings.